The van der Waals surface area contributed by atoms with Gasteiger partial charge in [-0.3, -0.25) is 4.98 Å². The fraction of sp³-hybridized carbons (Fsp3) is 0.167. The van der Waals surface area contributed by atoms with Crippen molar-refractivity contribution in [3.8, 4) is 0 Å². The largest absolute Gasteiger partial charge is 0.395 e. The summed E-state index contributed by atoms with van der Waals surface area (Å²) in [6.07, 6.45) is -2.08. The number of hydrogen-bond donors (Lipinski definition) is 2. The summed E-state index contributed by atoms with van der Waals surface area (Å²) in [5.74, 6) is -1.04. The summed E-state index contributed by atoms with van der Waals surface area (Å²) in [5, 5.41) is 0. The maximum absolute atomic E-state index is 12.7. The van der Waals surface area contributed by atoms with Crippen LogP contribution in [0, 0.1) is 5.82 Å². The van der Waals surface area contributed by atoms with Crippen LogP contribution in [0.15, 0.2) is 6.20 Å². The Bertz CT molecular complexity index is 300. The molecule has 6 heteroatoms. The molecular formula is C6H6F3N3. The molecule has 0 unspecified atom stereocenters. The highest BCUT2D eigenvalue weighted by molar-refractivity contribution is 5.55. The third-order valence-electron chi connectivity index (χ3n) is 1.32. The van der Waals surface area contributed by atoms with E-state index >= 15 is 0 Å². The predicted octanol–water partition coefficient (Wildman–Crippen LogP) is 1.32. The molecule has 1 aromatic heterocycles. The van der Waals surface area contributed by atoms with Crippen LogP contribution in [0.4, 0.5) is 24.5 Å². The Morgan fingerprint density at radius 1 is 1.33 bits per heavy atom. The molecule has 66 valence electrons. The molecule has 0 bridgehead atoms. The first kappa shape index (κ1) is 8.63. The Morgan fingerprint density at radius 2 is 1.92 bits per heavy atom. The summed E-state index contributed by atoms with van der Waals surface area (Å²) < 4.78 is 36.7. The Kier molecular flexibility index (Phi) is 2.07. The number of nitrogens with two attached hydrogens (primary N) is 2. The molecule has 0 aliphatic carbocycles. The second-order valence-electron chi connectivity index (χ2n) is 2.13. The minimum Gasteiger partial charge on any atom is -0.395 e. The summed E-state index contributed by atoms with van der Waals surface area (Å²) >= 11 is 0. The van der Waals surface area contributed by atoms with Crippen molar-refractivity contribution in [2.75, 3.05) is 11.5 Å². The van der Waals surface area contributed by atoms with Crippen molar-refractivity contribution in [2.45, 2.75) is 6.43 Å². The fourth-order valence-corrected chi connectivity index (χ4v) is 0.707. The maximum Gasteiger partial charge on any atom is 0.282 e. The quantitative estimate of drug-likeness (QED) is 0.679. The molecule has 0 amide bonds. The summed E-state index contributed by atoms with van der Waals surface area (Å²) in [6.45, 7) is 0. The van der Waals surface area contributed by atoms with Crippen molar-refractivity contribution in [2.24, 2.45) is 0 Å². The highest BCUT2D eigenvalue weighted by atomic mass is 19.3. The first-order chi connectivity index (χ1) is 5.54. The van der Waals surface area contributed by atoms with Gasteiger partial charge in [0.25, 0.3) is 6.43 Å². The van der Waals surface area contributed by atoms with Crippen LogP contribution >= 0.6 is 0 Å². The van der Waals surface area contributed by atoms with Crippen LogP contribution in [0.1, 0.15) is 12.1 Å². The zero-order valence-corrected chi connectivity index (χ0v) is 5.89. The van der Waals surface area contributed by atoms with Crippen LogP contribution in [0.3, 0.4) is 0 Å². The van der Waals surface area contributed by atoms with Crippen LogP contribution in [0.25, 0.3) is 0 Å². The molecule has 1 heterocycles. The van der Waals surface area contributed by atoms with Gasteiger partial charge in [0, 0.05) is 0 Å². The molecule has 0 aliphatic heterocycles. The van der Waals surface area contributed by atoms with Crippen LogP contribution in [-0.2, 0) is 0 Å². The molecule has 3 nitrogen and oxygen atoms in total. The van der Waals surface area contributed by atoms with E-state index in [1.165, 1.54) is 0 Å². The van der Waals surface area contributed by atoms with E-state index < -0.39 is 23.6 Å². The summed E-state index contributed by atoms with van der Waals surface area (Å²) in [6, 6.07) is 0. The molecule has 1 aromatic rings. The molecule has 12 heavy (non-hydrogen) atoms. The topological polar surface area (TPSA) is 64.9 Å². The summed E-state index contributed by atoms with van der Waals surface area (Å²) in [7, 11) is 0. The van der Waals surface area contributed by atoms with Crippen LogP contribution < -0.4 is 11.5 Å². The van der Waals surface area contributed by atoms with Gasteiger partial charge in [0.2, 0.25) is 0 Å². The number of alkyl halides is 2. The Hall–Kier alpha value is -1.46. The molecule has 0 saturated carbocycles. The average molecular weight is 177 g/mol. The van der Waals surface area contributed by atoms with E-state index in [1.54, 1.807) is 0 Å². The number of anilines is 2. The zero-order chi connectivity index (χ0) is 9.30. The smallest absolute Gasteiger partial charge is 0.282 e. The van der Waals surface area contributed by atoms with Gasteiger partial charge < -0.3 is 11.5 Å². The third-order valence-corrected chi connectivity index (χ3v) is 1.32. The van der Waals surface area contributed by atoms with Gasteiger partial charge in [0.1, 0.15) is 5.69 Å². The summed E-state index contributed by atoms with van der Waals surface area (Å²) in [4.78, 5) is 3.20. The van der Waals surface area contributed by atoms with Crippen molar-refractivity contribution in [1.29, 1.82) is 0 Å². The first-order valence-electron chi connectivity index (χ1n) is 3.01. The first-order valence-corrected chi connectivity index (χ1v) is 3.01. The minimum atomic E-state index is -2.89. The molecule has 0 fully saturated rings. The molecule has 0 saturated heterocycles. The zero-order valence-electron chi connectivity index (χ0n) is 5.89. The van der Waals surface area contributed by atoms with Gasteiger partial charge in [-0.2, -0.15) is 0 Å². The lowest BCUT2D eigenvalue weighted by molar-refractivity contribution is 0.146. The molecule has 0 atom stereocenters. The summed E-state index contributed by atoms with van der Waals surface area (Å²) in [5.41, 5.74) is 8.21. The Labute approximate surface area is 66.2 Å². The van der Waals surface area contributed by atoms with Gasteiger partial charge in [0.05, 0.1) is 17.6 Å². The van der Waals surface area contributed by atoms with Crippen molar-refractivity contribution in [3.63, 3.8) is 0 Å². The van der Waals surface area contributed by atoms with E-state index in [-0.39, 0.29) is 5.69 Å². The van der Waals surface area contributed by atoms with Gasteiger partial charge in [0.15, 0.2) is 5.82 Å². The number of rotatable bonds is 1. The third kappa shape index (κ3) is 1.27. The van der Waals surface area contributed by atoms with Crippen molar-refractivity contribution in [3.05, 3.63) is 17.7 Å². The van der Waals surface area contributed by atoms with Gasteiger partial charge in [-0.15, -0.1) is 0 Å². The monoisotopic (exact) mass is 177 g/mol. The van der Waals surface area contributed by atoms with Crippen molar-refractivity contribution in [1.82, 2.24) is 4.98 Å². The normalized spacial score (nSPS) is 10.7. The lowest BCUT2D eigenvalue weighted by Gasteiger charge is -2.05. The minimum absolute atomic E-state index is 0.336. The van der Waals surface area contributed by atoms with Gasteiger partial charge in [-0.1, -0.05) is 0 Å². The fourth-order valence-electron chi connectivity index (χ4n) is 0.707. The van der Waals surface area contributed by atoms with E-state index in [4.69, 9.17) is 11.5 Å². The molecular weight excluding hydrogens is 171 g/mol. The highest BCUT2D eigenvalue weighted by Gasteiger charge is 2.17. The molecule has 4 N–H and O–H groups in total. The van der Waals surface area contributed by atoms with E-state index in [0.29, 0.717) is 0 Å². The van der Waals surface area contributed by atoms with Crippen LogP contribution in [0.2, 0.25) is 0 Å². The predicted molar refractivity (Wildman–Crippen MR) is 38.0 cm³/mol. The number of nitrogens with zero attached hydrogens (tertiary/aromatic N) is 1. The number of aromatic nitrogens is 1. The number of hydrogen-bond acceptors (Lipinski definition) is 3. The molecule has 0 radical (unpaired) electrons. The van der Waals surface area contributed by atoms with E-state index in [9.17, 15) is 13.2 Å². The standard InChI is InChI=1S/C6H6F3N3/c7-3-2(10)1-12-5(4(3)11)6(8)9/h1,6H,10-11H2. The van der Waals surface area contributed by atoms with E-state index in [1.807, 2.05) is 0 Å². The maximum atomic E-state index is 12.7. The van der Waals surface area contributed by atoms with E-state index in [0.717, 1.165) is 6.20 Å². The van der Waals surface area contributed by atoms with Crippen molar-refractivity contribution < 1.29 is 13.2 Å². The van der Waals surface area contributed by atoms with Gasteiger partial charge in [-0.05, 0) is 0 Å². The van der Waals surface area contributed by atoms with Crippen molar-refractivity contribution >= 4 is 11.4 Å². The van der Waals surface area contributed by atoms with Crippen LogP contribution in [-0.4, -0.2) is 4.98 Å². The second-order valence-corrected chi connectivity index (χ2v) is 2.13. The molecule has 0 aromatic carbocycles. The van der Waals surface area contributed by atoms with Crippen LogP contribution in [0.5, 0.6) is 0 Å². The molecule has 0 aliphatic rings. The SMILES string of the molecule is Nc1cnc(C(F)F)c(N)c1F. The Morgan fingerprint density at radius 3 is 2.42 bits per heavy atom. The lowest BCUT2D eigenvalue weighted by atomic mass is 10.3. The Balaban J connectivity index is 3.27. The highest BCUT2D eigenvalue weighted by Crippen LogP contribution is 2.26. The number of nitrogen functional groups attached to an aromatic ring is 2. The van der Waals surface area contributed by atoms with E-state index in [2.05, 4.69) is 4.98 Å². The number of halogens is 3. The molecule has 0 spiro atoms. The number of pyridine rings is 1. The molecule has 1 rings (SSSR count). The average Bonchev–Trinajstić information content (AvgIpc) is 2.00. The van der Waals surface area contributed by atoms with Gasteiger partial charge >= 0.3 is 0 Å². The van der Waals surface area contributed by atoms with Gasteiger partial charge in [-0.25, -0.2) is 13.2 Å². The lowest BCUT2D eigenvalue weighted by Crippen LogP contribution is -2.04. The second kappa shape index (κ2) is 2.88.